The summed E-state index contributed by atoms with van der Waals surface area (Å²) >= 11 is 1.66. The van der Waals surface area contributed by atoms with Crippen LogP contribution < -0.4 is 16.0 Å². The van der Waals surface area contributed by atoms with Crippen LogP contribution in [-0.2, 0) is 13.1 Å². The number of aromatic nitrogens is 1. The molecule has 0 radical (unpaired) electrons. The van der Waals surface area contributed by atoms with E-state index in [1.54, 1.807) is 11.3 Å². The number of aliphatic imine (C=N–C) groups is 1. The molecule has 0 spiro atoms. The van der Waals surface area contributed by atoms with E-state index in [0.29, 0.717) is 31.1 Å². The van der Waals surface area contributed by atoms with Gasteiger partial charge in [-0.15, -0.1) is 35.3 Å². The largest absolute Gasteiger partial charge is 0.357 e. The standard InChI is InChI=1S/C20H29N5OS.HI/c1-5-21-19(26)16-9-7-8-15(10-16)11-23-20(22-6-2)24-12-18-25-17(13-27-18)14(3)4;/h7-10,13-14H,5-6,11-12H2,1-4H3,(H,21,26)(H2,22,23,24);1H. The number of benzene rings is 1. The van der Waals surface area contributed by atoms with Crippen molar-refractivity contribution in [2.45, 2.75) is 46.7 Å². The van der Waals surface area contributed by atoms with Crippen molar-refractivity contribution in [1.82, 2.24) is 20.9 Å². The van der Waals surface area contributed by atoms with Crippen molar-refractivity contribution >= 4 is 47.2 Å². The topological polar surface area (TPSA) is 78.4 Å². The molecule has 0 atom stereocenters. The van der Waals surface area contributed by atoms with Crippen molar-refractivity contribution in [3.63, 3.8) is 0 Å². The van der Waals surface area contributed by atoms with Crippen LogP contribution in [0.3, 0.4) is 0 Å². The fourth-order valence-corrected chi connectivity index (χ4v) is 3.31. The summed E-state index contributed by atoms with van der Waals surface area (Å²) in [6.07, 6.45) is 0. The van der Waals surface area contributed by atoms with Crippen molar-refractivity contribution < 1.29 is 4.79 Å². The van der Waals surface area contributed by atoms with E-state index in [-0.39, 0.29) is 29.9 Å². The second-order valence-corrected chi connectivity index (χ2v) is 7.37. The van der Waals surface area contributed by atoms with Gasteiger partial charge in [-0.05, 0) is 37.5 Å². The molecule has 2 rings (SSSR count). The molecule has 2 aromatic rings. The molecule has 154 valence electrons. The van der Waals surface area contributed by atoms with Crippen LogP contribution in [0.2, 0.25) is 0 Å². The molecule has 28 heavy (non-hydrogen) atoms. The van der Waals surface area contributed by atoms with Crippen molar-refractivity contribution in [3.05, 3.63) is 51.5 Å². The molecule has 0 bridgehead atoms. The van der Waals surface area contributed by atoms with Crippen LogP contribution in [0.4, 0.5) is 0 Å². The van der Waals surface area contributed by atoms with E-state index in [0.717, 1.165) is 28.8 Å². The summed E-state index contributed by atoms with van der Waals surface area (Å²) in [5.74, 6) is 1.12. The Morgan fingerprint density at radius 3 is 2.57 bits per heavy atom. The van der Waals surface area contributed by atoms with Gasteiger partial charge in [0.2, 0.25) is 0 Å². The third kappa shape index (κ3) is 7.75. The first-order chi connectivity index (χ1) is 13.0. The van der Waals surface area contributed by atoms with E-state index in [1.807, 2.05) is 38.1 Å². The highest BCUT2D eigenvalue weighted by molar-refractivity contribution is 14.0. The van der Waals surface area contributed by atoms with Crippen molar-refractivity contribution in [3.8, 4) is 0 Å². The Bertz CT molecular complexity index is 775. The number of hydrogen-bond acceptors (Lipinski definition) is 4. The second kappa shape index (κ2) is 12.7. The maximum Gasteiger partial charge on any atom is 0.251 e. The number of rotatable bonds is 8. The Balaban J connectivity index is 0.00000392. The molecule has 0 saturated carbocycles. The van der Waals surface area contributed by atoms with Gasteiger partial charge in [-0.1, -0.05) is 26.0 Å². The smallest absolute Gasteiger partial charge is 0.251 e. The number of halogens is 1. The molecule has 0 aliphatic heterocycles. The Morgan fingerprint density at radius 2 is 1.93 bits per heavy atom. The molecule has 8 heteroatoms. The number of guanidine groups is 1. The number of nitrogens with one attached hydrogen (secondary N) is 3. The van der Waals surface area contributed by atoms with Crippen LogP contribution in [0, 0.1) is 0 Å². The summed E-state index contributed by atoms with van der Waals surface area (Å²) in [7, 11) is 0. The monoisotopic (exact) mass is 515 g/mol. The van der Waals surface area contributed by atoms with E-state index in [1.165, 1.54) is 0 Å². The molecule has 1 amide bonds. The minimum absolute atomic E-state index is 0. The molecule has 6 nitrogen and oxygen atoms in total. The second-order valence-electron chi connectivity index (χ2n) is 6.43. The zero-order valence-electron chi connectivity index (χ0n) is 16.9. The SMILES string of the molecule is CCNC(=O)c1cccc(CN=C(NCC)NCc2nc(C(C)C)cs2)c1.I. The summed E-state index contributed by atoms with van der Waals surface area (Å²) in [4.78, 5) is 21.2. The Hall–Kier alpha value is -1.68. The van der Waals surface area contributed by atoms with Gasteiger partial charge in [0.05, 0.1) is 18.8 Å². The number of hydrogen-bond donors (Lipinski definition) is 3. The van der Waals surface area contributed by atoms with Crippen molar-refractivity contribution in [1.29, 1.82) is 0 Å². The summed E-state index contributed by atoms with van der Waals surface area (Å²) in [5.41, 5.74) is 2.78. The highest BCUT2D eigenvalue weighted by atomic mass is 127. The third-order valence-corrected chi connectivity index (χ3v) is 4.73. The Labute approximate surface area is 188 Å². The molecule has 0 saturated heterocycles. The fourth-order valence-electron chi connectivity index (χ4n) is 2.42. The number of nitrogens with zero attached hydrogens (tertiary/aromatic N) is 2. The maximum atomic E-state index is 12.0. The van der Waals surface area contributed by atoms with Gasteiger partial charge in [-0.25, -0.2) is 9.98 Å². The predicted molar refractivity (Wildman–Crippen MR) is 128 cm³/mol. The highest BCUT2D eigenvalue weighted by Gasteiger charge is 2.07. The Morgan fingerprint density at radius 1 is 1.18 bits per heavy atom. The lowest BCUT2D eigenvalue weighted by Gasteiger charge is -2.10. The van der Waals surface area contributed by atoms with Gasteiger partial charge < -0.3 is 16.0 Å². The van der Waals surface area contributed by atoms with Crippen LogP contribution in [0.5, 0.6) is 0 Å². The quantitative estimate of drug-likeness (QED) is 0.283. The molecule has 0 aliphatic rings. The number of carbonyl (C=O) groups excluding carboxylic acids is 1. The Kier molecular flexibility index (Phi) is 11.1. The summed E-state index contributed by atoms with van der Waals surface area (Å²) in [6, 6.07) is 7.56. The van der Waals surface area contributed by atoms with Gasteiger partial charge in [0.1, 0.15) is 5.01 Å². The average Bonchev–Trinajstić information content (AvgIpc) is 3.14. The first-order valence-electron chi connectivity index (χ1n) is 9.37. The van der Waals surface area contributed by atoms with Gasteiger partial charge in [0.15, 0.2) is 5.96 Å². The van der Waals surface area contributed by atoms with Crippen LogP contribution >= 0.6 is 35.3 Å². The summed E-state index contributed by atoms with van der Waals surface area (Å²) in [5, 5.41) is 12.5. The van der Waals surface area contributed by atoms with Crippen molar-refractivity contribution in [2.75, 3.05) is 13.1 Å². The predicted octanol–water partition coefficient (Wildman–Crippen LogP) is 3.89. The van der Waals surface area contributed by atoms with E-state index in [9.17, 15) is 4.79 Å². The maximum absolute atomic E-state index is 12.0. The van der Waals surface area contributed by atoms with E-state index >= 15 is 0 Å². The number of carbonyl (C=O) groups is 1. The molecule has 1 aromatic carbocycles. The molecule has 1 heterocycles. The lowest BCUT2D eigenvalue weighted by atomic mass is 10.1. The minimum Gasteiger partial charge on any atom is -0.357 e. The lowest BCUT2D eigenvalue weighted by Crippen LogP contribution is -2.36. The molecular formula is C20H30IN5OS. The van der Waals surface area contributed by atoms with E-state index in [4.69, 9.17) is 0 Å². The lowest BCUT2D eigenvalue weighted by molar-refractivity contribution is 0.0955. The fraction of sp³-hybridized carbons (Fsp3) is 0.450. The number of amides is 1. The molecule has 3 N–H and O–H groups in total. The van der Waals surface area contributed by atoms with E-state index in [2.05, 4.69) is 45.2 Å². The zero-order chi connectivity index (χ0) is 19.6. The van der Waals surface area contributed by atoms with Gasteiger partial charge in [0, 0.05) is 24.0 Å². The molecule has 1 aromatic heterocycles. The van der Waals surface area contributed by atoms with E-state index < -0.39 is 0 Å². The zero-order valence-corrected chi connectivity index (χ0v) is 20.1. The third-order valence-electron chi connectivity index (χ3n) is 3.86. The molecule has 0 unspecified atom stereocenters. The molecular weight excluding hydrogens is 485 g/mol. The molecule has 0 aliphatic carbocycles. The van der Waals surface area contributed by atoms with Crippen LogP contribution in [0.15, 0.2) is 34.6 Å². The van der Waals surface area contributed by atoms with Crippen molar-refractivity contribution in [2.24, 2.45) is 4.99 Å². The minimum atomic E-state index is -0.0573. The van der Waals surface area contributed by atoms with Gasteiger partial charge in [0.25, 0.3) is 5.91 Å². The molecule has 0 fully saturated rings. The van der Waals surface area contributed by atoms with Gasteiger partial charge in [-0.2, -0.15) is 0 Å². The number of thiazole rings is 1. The van der Waals surface area contributed by atoms with Gasteiger partial charge >= 0.3 is 0 Å². The van der Waals surface area contributed by atoms with Crippen LogP contribution in [0.1, 0.15) is 60.2 Å². The van der Waals surface area contributed by atoms with Crippen LogP contribution in [0.25, 0.3) is 0 Å². The highest BCUT2D eigenvalue weighted by Crippen LogP contribution is 2.17. The summed E-state index contributed by atoms with van der Waals surface area (Å²) < 4.78 is 0. The first kappa shape index (κ1) is 24.4. The van der Waals surface area contributed by atoms with Crippen LogP contribution in [-0.4, -0.2) is 29.9 Å². The van der Waals surface area contributed by atoms with Gasteiger partial charge in [-0.3, -0.25) is 4.79 Å². The first-order valence-corrected chi connectivity index (χ1v) is 10.2. The normalized spacial score (nSPS) is 11.1. The summed E-state index contributed by atoms with van der Waals surface area (Å²) in [6.45, 7) is 10.8. The average molecular weight is 515 g/mol.